The van der Waals surface area contributed by atoms with Crippen LogP contribution in [0.5, 0.6) is 17.2 Å². The first kappa shape index (κ1) is 19.0. The van der Waals surface area contributed by atoms with Crippen molar-refractivity contribution in [3.05, 3.63) is 17.7 Å². The molecule has 4 bridgehead atoms. The molecule has 31 heavy (non-hydrogen) atoms. The van der Waals surface area contributed by atoms with Crippen LogP contribution < -0.4 is 14.2 Å². The number of hydrogen-bond donors (Lipinski definition) is 0. The molecular formula is C25H32O6. The van der Waals surface area contributed by atoms with Crippen molar-refractivity contribution in [2.75, 3.05) is 39.6 Å². The van der Waals surface area contributed by atoms with E-state index in [1.54, 1.807) is 0 Å². The highest BCUT2D eigenvalue weighted by Gasteiger charge is 2.53. The predicted octanol–water partition coefficient (Wildman–Crippen LogP) is 3.49. The van der Waals surface area contributed by atoms with Crippen LogP contribution in [-0.4, -0.2) is 58.0 Å². The van der Waals surface area contributed by atoms with Gasteiger partial charge in [0.05, 0.1) is 19.8 Å². The molecule has 3 aliphatic heterocycles. The fourth-order valence-corrected chi connectivity index (χ4v) is 6.79. The first-order chi connectivity index (χ1) is 15.2. The van der Waals surface area contributed by atoms with Crippen molar-refractivity contribution < 1.29 is 28.4 Å². The van der Waals surface area contributed by atoms with E-state index in [-0.39, 0.29) is 23.7 Å². The third-order valence-corrected chi connectivity index (χ3v) is 8.12. The molecule has 3 saturated heterocycles. The van der Waals surface area contributed by atoms with Crippen molar-refractivity contribution >= 4 is 0 Å². The van der Waals surface area contributed by atoms with Gasteiger partial charge in [0, 0.05) is 17.0 Å². The Morgan fingerprint density at radius 1 is 0.710 bits per heavy atom. The monoisotopic (exact) mass is 428 g/mol. The van der Waals surface area contributed by atoms with E-state index in [0.29, 0.717) is 19.8 Å². The van der Waals surface area contributed by atoms with E-state index in [1.165, 1.54) is 44.1 Å². The van der Waals surface area contributed by atoms with Gasteiger partial charge in [0.1, 0.15) is 43.9 Å². The highest BCUT2D eigenvalue weighted by atomic mass is 16.6. The second-order valence-corrected chi connectivity index (χ2v) is 10.8. The lowest BCUT2D eigenvalue weighted by molar-refractivity contribution is -0.00676. The van der Waals surface area contributed by atoms with Crippen molar-refractivity contribution in [1.82, 2.24) is 0 Å². The van der Waals surface area contributed by atoms with Crippen LogP contribution in [0.4, 0.5) is 0 Å². The summed E-state index contributed by atoms with van der Waals surface area (Å²) in [6, 6.07) is 4.27. The first-order valence-corrected chi connectivity index (χ1v) is 12.1. The molecule has 7 fully saturated rings. The van der Waals surface area contributed by atoms with Crippen molar-refractivity contribution in [2.45, 2.75) is 62.3 Å². The summed E-state index contributed by atoms with van der Waals surface area (Å²) in [5.74, 6) is 5.19. The molecule has 7 aliphatic rings. The van der Waals surface area contributed by atoms with Crippen molar-refractivity contribution in [3.63, 3.8) is 0 Å². The minimum absolute atomic E-state index is 0.193. The number of epoxide rings is 3. The molecule has 1 aromatic carbocycles. The topological polar surface area (TPSA) is 65.3 Å². The molecule has 3 atom stereocenters. The minimum Gasteiger partial charge on any atom is -0.491 e. The zero-order valence-electron chi connectivity index (χ0n) is 18.1. The molecular weight excluding hydrogens is 396 g/mol. The van der Waals surface area contributed by atoms with Gasteiger partial charge in [-0.05, 0) is 62.3 Å². The lowest BCUT2D eigenvalue weighted by atomic mass is 9.48. The van der Waals surface area contributed by atoms with Gasteiger partial charge < -0.3 is 28.4 Å². The quantitative estimate of drug-likeness (QED) is 0.532. The fourth-order valence-electron chi connectivity index (χ4n) is 6.79. The van der Waals surface area contributed by atoms with E-state index in [0.717, 1.165) is 54.8 Å². The summed E-state index contributed by atoms with van der Waals surface area (Å²) in [6.45, 7) is 4.12. The maximum atomic E-state index is 6.46. The van der Waals surface area contributed by atoms with Gasteiger partial charge in [-0.1, -0.05) is 0 Å². The average Bonchev–Trinajstić information content (AvgIpc) is 3.61. The Morgan fingerprint density at radius 2 is 1.23 bits per heavy atom. The summed E-state index contributed by atoms with van der Waals surface area (Å²) in [7, 11) is 0. The Labute approximate surface area is 183 Å². The van der Waals surface area contributed by atoms with E-state index in [4.69, 9.17) is 28.4 Å². The van der Waals surface area contributed by atoms with E-state index < -0.39 is 0 Å². The molecule has 168 valence electrons. The van der Waals surface area contributed by atoms with Gasteiger partial charge >= 0.3 is 0 Å². The summed E-state index contributed by atoms with van der Waals surface area (Å²) in [5, 5.41) is 0. The predicted molar refractivity (Wildman–Crippen MR) is 112 cm³/mol. The molecule has 3 heterocycles. The summed E-state index contributed by atoms with van der Waals surface area (Å²) in [4.78, 5) is 0. The van der Waals surface area contributed by atoms with E-state index in [1.807, 2.05) is 6.07 Å². The molecule has 1 aromatic rings. The smallest absolute Gasteiger partial charge is 0.165 e. The van der Waals surface area contributed by atoms with Crippen molar-refractivity contribution in [1.29, 1.82) is 0 Å². The first-order valence-electron chi connectivity index (χ1n) is 12.1. The largest absolute Gasteiger partial charge is 0.491 e. The highest BCUT2D eigenvalue weighted by Crippen LogP contribution is 2.63. The van der Waals surface area contributed by atoms with Crippen LogP contribution in [0.2, 0.25) is 0 Å². The normalized spacial score (nSPS) is 41.2. The molecule has 4 saturated carbocycles. The number of benzene rings is 1. The number of rotatable bonds is 10. The molecule has 8 rings (SSSR count). The van der Waals surface area contributed by atoms with Gasteiger partial charge in [0.2, 0.25) is 0 Å². The SMILES string of the molecule is c1c(OCC2CO2)cc(C23CC4CC(CC(C4)C2)C3)c(OCC2CO2)c1OCC1CO1. The van der Waals surface area contributed by atoms with Crippen LogP contribution in [0, 0.1) is 17.8 Å². The minimum atomic E-state index is 0.193. The second-order valence-electron chi connectivity index (χ2n) is 10.8. The number of ether oxygens (including phenoxy) is 6. The summed E-state index contributed by atoms with van der Waals surface area (Å²) < 4.78 is 35.1. The molecule has 6 nitrogen and oxygen atoms in total. The molecule has 0 N–H and O–H groups in total. The van der Waals surface area contributed by atoms with Crippen LogP contribution in [0.3, 0.4) is 0 Å². The van der Waals surface area contributed by atoms with Gasteiger partial charge in [-0.3, -0.25) is 0 Å². The fraction of sp³-hybridized carbons (Fsp3) is 0.760. The third-order valence-electron chi connectivity index (χ3n) is 8.12. The standard InChI is InChI=1S/C25H32O6/c1-15-2-17-3-16(1)7-25(6-15,8-17)22-4-18(26-9-19-10-27-19)5-23(30-13-20-11-28-20)24(22)31-14-21-12-29-21/h4-5,15-17,19-21H,1-3,6-14H2. The van der Waals surface area contributed by atoms with Crippen molar-refractivity contribution in [3.8, 4) is 17.2 Å². The third kappa shape index (κ3) is 3.91. The zero-order valence-corrected chi connectivity index (χ0v) is 18.1. The Hall–Kier alpha value is -1.50. The molecule has 0 radical (unpaired) electrons. The summed E-state index contributed by atoms with van der Waals surface area (Å²) >= 11 is 0. The Balaban J connectivity index is 1.26. The number of hydrogen-bond acceptors (Lipinski definition) is 6. The molecule has 4 aliphatic carbocycles. The molecule has 0 aromatic heterocycles. The van der Waals surface area contributed by atoms with E-state index in [2.05, 4.69) is 6.07 Å². The van der Waals surface area contributed by atoms with Gasteiger partial charge in [0.15, 0.2) is 11.5 Å². The maximum absolute atomic E-state index is 6.46. The summed E-state index contributed by atoms with van der Waals surface area (Å²) in [6.07, 6.45) is 8.73. The Bertz CT molecular complexity index is 805. The van der Waals surface area contributed by atoms with Gasteiger partial charge in [-0.2, -0.15) is 0 Å². The Morgan fingerprint density at radius 3 is 1.77 bits per heavy atom. The summed E-state index contributed by atoms with van der Waals surface area (Å²) in [5.41, 5.74) is 1.51. The van der Waals surface area contributed by atoms with Crippen LogP contribution in [-0.2, 0) is 19.6 Å². The van der Waals surface area contributed by atoms with E-state index >= 15 is 0 Å². The zero-order chi connectivity index (χ0) is 20.4. The van der Waals surface area contributed by atoms with E-state index in [9.17, 15) is 0 Å². The lowest BCUT2D eigenvalue weighted by Crippen LogP contribution is -2.48. The Kier molecular flexibility index (Phi) is 4.45. The average molecular weight is 429 g/mol. The van der Waals surface area contributed by atoms with Crippen LogP contribution in [0.1, 0.15) is 44.1 Å². The van der Waals surface area contributed by atoms with Crippen LogP contribution in [0.15, 0.2) is 12.1 Å². The van der Waals surface area contributed by atoms with Gasteiger partial charge in [-0.25, -0.2) is 0 Å². The van der Waals surface area contributed by atoms with Gasteiger partial charge in [-0.15, -0.1) is 0 Å². The molecule has 0 amide bonds. The molecule has 6 heteroatoms. The maximum Gasteiger partial charge on any atom is 0.165 e. The highest BCUT2D eigenvalue weighted by molar-refractivity contribution is 5.56. The molecule has 0 spiro atoms. The van der Waals surface area contributed by atoms with Crippen molar-refractivity contribution in [2.24, 2.45) is 17.8 Å². The van der Waals surface area contributed by atoms with Crippen LogP contribution in [0.25, 0.3) is 0 Å². The lowest BCUT2D eigenvalue weighted by Gasteiger charge is -2.57. The molecule has 3 unspecified atom stereocenters. The second kappa shape index (κ2) is 7.26. The van der Waals surface area contributed by atoms with Crippen LogP contribution >= 0.6 is 0 Å². The van der Waals surface area contributed by atoms with Gasteiger partial charge in [0.25, 0.3) is 0 Å².